The van der Waals surface area contributed by atoms with Crippen LogP contribution in [0, 0.1) is 19.8 Å². The summed E-state index contributed by atoms with van der Waals surface area (Å²) in [5.74, 6) is 0.436. The Morgan fingerprint density at radius 1 is 0.871 bits per heavy atom. The minimum atomic E-state index is -0.251. The second-order valence-corrected chi connectivity index (χ2v) is 8.22. The Balaban J connectivity index is 1.54. The minimum absolute atomic E-state index is 0.145. The molecule has 2 N–H and O–H groups in total. The first-order valence-electron chi connectivity index (χ1n) is 11.2. The maximum absolute atomic E-state index is 12.6. The fraction of sp³-hybridized carbons (Fsp3) is 0.440. The van der Waals surface area contributed by atoms with E-state index < -0.39 is 0 Å². The van der Waals surface area contributed by atoms with Gasteiger partial charge in [0, 0.05) is 49.2 Å². The Bertz CT molecular complexity index is 878. The van der Waals surface area contributed by atoms with Crippen LogP contribution in [-0.2, 0) is 4.79 Å². The molecule has 1 aliphatic heterocycles. The molecule has 0 spiro atoms. The third-order valence-corrected chi connectivity index (χ3v) is 6.14. The molecule has 0 aliphatic carbocycles. The van der Waals surface area contributed by atoms with Crippen LogP contribution >= 0.6 is 0 Å². The summed E-state index contributed by atoms with van der Waals surface area (Å²) in [4.78, 5) is 29.3. The van der Waals surface area contributed by atoms with Crippen molar-refractivity contribution >= 4 is 29.0 Å². The number of amides is 3. The molecular formula is C25H34N4O2. The summed E-state index contributed by atoms with van der Waals surface area (Å²) < 4.78 is 0. The Labute approximate surface area is 185 Å². The zero-order valence-corrected chi connectivity index (χ0v) is 19.1. The number of benzene rings is 2. The zero-order chi connectivity index (χ0) is 22.4. The molecule has 1 fully saturated rings. The molecule has 1 aliphatic rings. The third-order valence-electron chi connectivity index (χ3n) is 6.14. The van der Waals surface area contributed by atoms with Gasteiger partial charge in [-0.3, -0.25) is 4.79 Å². The predicted molar refractivity (Wildman–Crippen MR) is 128 cm³/mol. The van der Waals surface area contributed by atoms with E-state index in [1.165, 1.54) is 0 Å². The number of rotatable bonds is 6. The Kier molecular flexibility index (Phi) is 7.55. The number of anilines is 3. The number of para-hydroxylation sites is 1. The fourth-order valence-corrected chi connectivity index (χ4v) is 4.12. The molecule has 0 radical (unpaired) electrons. The predicted octanol–water partition coefficient (Wildman–Crippen LogP) is 5.03. The zero-order valence-electron chi connectivity index (χ0n) is 19.1. The summed E-state index contributed by atoms with van der Waals surface area (Å²) in [6.45, 7) is 11.3. The molecule has 6 nitrogen and oxygen atoms in total. The number of nitrogens with one attached hydrogen (secondary N) is 2. The van der Waals surface area contributed by atoms with Gasteiger partial charge in [-0.05, 0) is 62.1 Å². The van der Waals surface area contributed by atoms with Crippen molar-refractivity contribution in [1.82, 2.24) is 4.90 Å². The van der Waals surface area contributed by atoms with E-state index in [0.717, 1.165) is 67.2 Å². The quantitative estimate of drug-likeness (QED) is 0.686. The summed E-state index contributed by atoms with van der Waals surface area (Å²) in [6.07, 6.45) is 1.81. The van der Waals surface area contributed by atoms with Gasteiger partial charge in [0.25, 0.3) is 0 Å². The summed E-state index contributed by atoms with van der Waals surface area (Å²) in [6, 6.07) is 13.6. The Hall–Kier alpha value is -3.02. The molecule has 6 heteroatoms. The number of piperazine rings is 1. The lowest BCUT2D eigenvalue weighted by Gasteiger charge is -2.37. The van der Waals surface area contributed by atoms with Gasteiger partial charge in [0.2, 0.25) is 5.91 Å². The van der Waals surface area contributed by atoms with E-state index in [2.05, 4.69) is 29.4 Å². The molecular weight excluding hydrogens is 388 g/mol. The molecule has 0 atom stereocenters. The second kappa shape index (κ2) is 10.3. The molecule has 1 heterocycles. The summed E-state index contributed by atoms with van der Waals surface area (Å²) in [5, 5.41) is 5.84. The molecule has 3 amide bonds. The van der Waals surface area contributed by atoms with Gasteiger partial charge in [-0.2, -0.15) is 0 Å². The van der Waals surface area contributed by atoms with Crippen LogP contribution in [0.3, 0.4) is 0 Å². The first-order chi connectivity index (χ1) is 14.9. The number of hydrogen-bond donors (Lipinski definition) is 2. The van der Waals surface area contributed by atoms with Gasteiger partial charge in [-0.25, -0.2) is 4.79 Å². The van der Waals surface area contributed by atoms with Crippen LogP contribution in [-0.4, -0.2) is 43.0 Å². The average Bonchev–Trinajstić information content (AvgIpc) is 2.78. The van der Waals surface area contributed by atoms with Crippen LogP contribution < -0.4 is 15.5 Å². The summed E-state index contributed by atoms with van der Waals surface area (Å²) in [5.41, 5.74) is 4.77. The molecule has 166 valence electrons. The normalized spacial score (nSPS) is 14.0. The Morgan fingerprint density at radius 2 is 1.45 bits per heavy atom. The Morgan fingerprint density at radius 3 is 2.00 bits per heavy atom. The van der Waals surface area contributed by atoms with Crippen molar-refractivity contribution in [2.24, 2.45) is 5.92 Å². The van der Waals surface area contributed by atoms with E-state index >= 15 is 0 Å². The molecule has 31 heavy (non-hydrogen) atoms. The third kappa shape index (κ3) is 5.57. The lowest BCUT2D eigenvalue weighted by atomic mass is 10.0. The number of hydrogen-bond acceptors (Lipinski definition) is 3. The minimum Gasteiger partial charge on any atom is -0.368 e. The highest BCUT2D eigenvalue weighted by molar-refractivity contribution is 6.00. The number of carbonyl (C=O) groups is 2. The van der Waals surface area contributed by atoms with E-state index in [1.54, 1.807) is 0 Å². The molecule has 0 bridgehead atoms. The number of urea groups is 1. The van der Waals surface area contributed by atoms with Crippen molar-refractivity contribution in [3.05, 3.63) is 53.6 Å². The van der Waals surface area contributed by atoms with Crippen molar-refractivity contribution in [3.63, 3.8) is 0 Å². The van der Waals surface area contributed by atoms with E-state index in [9.17, 15) is 9.59 Å². The smallest absolute Gasteiger partial charge is 0.323 e. The largest absolute Gasteiger partial charge is 0.368 e. The lowest BCUT2D eigenvalue weighted by Crippen LogP contribution is -2.50. The van der Waals surface area contributed by atoms with Crippen LogP contribution in [0.4, 0.5) is 21.9 Å². The van der Waals surface area contributed by atoms with Crippen molar-refractivity contribution in [2.45, 2.75) is 40.5 Å². The number of nitrogens with zero attached hydrogens (tertiary/aromatic N) is 2. The molecule has 3 rings (SSSR count). The van der Waals surface area contributed by atoms with E-state index in [4.69, 9.17) is 0 Å². The first kappa shape index (κ1) is 22.7. The molecule has 2 aromatic rings. The standard InChI is InChI=1S/C25H34N4O2/c1-5-20(6-2)24(30)29-16-14-28(15-17-29)22-12-10-21(11-13-22)26-25(31)27-23-18(3)8-7-9-19(23)4/h7-13,20H,5-6,14-17H2,1-4H3,(H2,26,27,31). The maximum atomic E-state index is 12.6. The maximum Gasteiger partial charge on any atom is 0.323 e. The van der Waals surface area contributed by atoms with E-state index in [-0.39, 0.29) is 11.9 Å². The van der Waals surface area contributed by atoms with Crippen molar-refractivity contribution < 1.29 is 9.59 Å². The van der Waals surface area contributed by atoms with Crippen LogP contribution in [0.2, 0.25) is 0 Å². The summed E-state index contributed by atoms with van der Waals surface area (Å²) >= 11 is 0. The van der Waals surface area contributed by atoms with Gasteiger partial charge in [0.1, 0.15) is 0 Å². The molecule has 0 saturated carbocycles. The second-order valence-electron chi connectivity index (χ2n) is 8.22. The van der Waals surface area contributed by atoms with Crippen LogP contribution in [0.25, 0.3) is 0 Å². The molecule has 0 aromatic heterocycles. The SMILES string of the molecule is CCC(CC)C(=O)N1CCN(c2ccc(NC(=O)Nc3c(C)cccc3C)cc2)CC1. The topological polar surface area (TPSA) is 64.7 Å². The van der Waals surface area contributed by atoms with Crippen molar-refractivity contribution in [2.75, 3.05) is 41.7 Å². The lowest BCUT2D eigenvalue weighted by molar-refractivity contribution is -0.136. The molecule has 2 aromatic carbocycles. The summed E-state index contributed by atoms with van der Waals surface area (Å²) in [7, 11) is 0. The monoisotopic (exact) mass is 422 g/mol. The van der Waals surface area contributed by atoms with Crippen molar-refractivity contribution in [1.29, 1.82) is 0 Å². The van der Waals surface area contributed by atoms with Crippen LogP contribution in [0.1, 0.15) is 37.8 Å². The number of carbonyl (C=O) groups excluding carboxylic acids is 2. The molecule has 0 unspecified atom stereocenters. The van der Waals surface area contributed by atoms with Crippen LogP contribution in [0.5, 0.6) is 0 Å². The van der Waals surface area contributed by atoms with Gasteiger partial charge >= 0.3 is 6.03 Å². The fourth-order valence-electron chi connectivity index (χ4n) is 4.12. The average molecular weight is 423 g/mol. The highest BCUT2D eigenvalue weighted by Gasteiger charge is 2.25. The van der Waals surface area contributed by atoms with Gasteiger partial charge < -0.3 is 20.4 Å². The highest BCUT2D eigenvalue weighted by atomic mass is 16.2. The van der Waals surface area contributed by atoms with E-state index in [1.807, 2.05) is 61.2 Å². The van der Waals surface area contributed by atoms with Gasteiger partial charge in [0.15, 0.2) is 0 Å². The van der Waals surface area contributed by atoms with Gasteiger partial charge in [0.05, 0.1) is 0 Å². The van der Waals surface area contributed by atoms with Gasteiger partial charge in [-0.1, -0.05) is 32.0 Å². The highest BCUT2D eigenvalue weighted by Crippen LogP contribution is 2.22. The van der Waals surface area contributed by atoms with Crippen LogP contribution in [0.15, 0.2) is 42.5 Å². The van der Waals surface area contributed by atoms with E-state index in [0.29, 0.717) is 5.91 Å². The number of aryl methyl sites for hydroxylation is 2. The van der Waals surface area contributed by atoms with Gasteiger partial charge in [-0.15, -0.1) is 0 Å². The van der Waals surface area contributed by atoms with Crippen molar-refractivity contribution in [3.8, 4) is 0 Å². The molecule has 1 saturated heterocycles. The first-order valence-corrected chi connectivity index (χ1v) is 11.2.